The Labute approximate surface area is 212 Å². The fraction of sp³-hybridized carbons (Fsp3) is 0.353. The molecule has 0 fully saturated rings. The number of benzene rings is 3. The molecule has 1 unspecified atom stereocenters. The lowest BCUT2D eigenvalue weighted by molar-refractivity contribution is 0.214. The summed E-state index contributed by atoms with van der Waals surface area (Å²) in [6.07, 6.45) is 15.0. The molecule has 3 aromatic rings. The van der Waals surface area contributed by atoms with Gasteiger partial charge in [-0.25, -0.2) is 0 Å². The number of hydrogen-bond donors (Lipinski definition) is 0. The summed E-state index contributed by atoms with van der Waals surface area (Å²) in [6.45, 7) is 7.59. The second-order valence-corrected chi connectivity index (χ2v) is 10.1. The van der Waals surface area contributed by atoms with Crippen molar-refractivity contribution in [3.8, 4) is 22.3 Å². The summed E-state index contributed by atoms with van der Waals surface area (Å²) < 4.78 is 6.13. The van der Waals surface area contributed by atoms with Crippen molar-refractivity contribution in [3.63, 3.8) is 0 Å². The van der Waals surface area contributed by atoms with E-state index in [0.29, 0.717) is 0 Å². The molecule has 0 aromatic heterocycles. The average molecular weight is 465 g/mol. The van der Waals surface area contributed by atoms with E-state index in [1.165, 1.54) is 59.1 Å². The Morgan fingerprint density at radius 3 is 2.26 bits per heavy atom. The van der Waals surface area contributed by atoms with Crippen LogP contribution in [0.5, 0.6) is 0 Å². The molecule has 0 heterocycles. The van der Waals surface area contributed by atoms with Crippen molar-refractivity contribution >= 4 is 0 Å². The number of hydrogen-bond acceptors (Lipinski definition) is 1. The molecule has 35 heavy (non-hydrogen) atoms. The van der Waals surface area contributed by atoms with Gasteiger partial charge in [-0.1, -0.05) is 113 Å². The quantitative estimate of drug-likeness (QED) is 0.257. The number of aryl methyl sites for hydroxylation is 1. The molecule has 1 aliphatic rings. The van der Waals surface area contributed by atoms with Crippen molar-refractivity contribution in [3.05, 3.63) is 108 Å². The maximum Gasteiger partial charge on any atom is 0.115 e. The topological polar surface area (TPSA) is 9.23 Å². The molecule has 182 valence electrons. The van der Waals surface area contributed by atoms with Gasteiger partial charge in [-0.15, -0.1) is 0 Å². The van der Waals surface area contributed by atoms with Gasteiger partial charge in [0.25, 0.3) is 0 Å². The van der Waals surface area contributed by atoms with Crippen molar-refractivity contribution < 1.29 is 4.74 Å². The van der Waals surface area contributed by atoms with Crippen LogP contribution in [0.4, 0.5) is 0 Å². The molecule has 0 amide bonds. The monoisotopic (exact) mass is 464 g/mol. The fourth-order valence-corrected chi connectivity index (χ4v) is 4.96. The fourth-order valence-electron chi connectivity index (χ4n) is 4.96. The maximum atomic E-state index is 6.13. The standard InChI is InChI=1S/C34H40O/c1-4-6-9-13-27-17-19-28(20-18-27)30-21-22-32(29-14-10-8-11-15-29)33(25-30)34(3)23-12-16-31(26-34)35-24-7-5-2/h8,10-12,14-22,25-26H,4-7,9,13,23-24H2,1-3H3. The zero-order chi connectivity index (χ0) is 24.5. The third-order valence-electron chi connectivity index (χ3n) is 7.13. The van der Waals surface area contributed by atoms with Crippen molar-refractivity contribution in [2.45, 2.75) is 71.1 Å². The van der Waals surface area contributed by atoms with Gasteiger partial charge >= 0.3 is 0 Å². The second-order valence-electron chi connectivity index (χ2n) is 10.1. The van der Waals surface area contributed by atoms with Crippen LogP contribution in [-0.4, -0.2) is 6.61 Å². The molecule has 4 rings (SSSR count). The summed E-state index contributed by atoms with van der Waals surface area (Å²) in [5.74, 6) is 0.994. The Hall–Kier alpha value is -3.06. The number of allylic oxidation sites excluding steroid dienone is 3. The lowest BCUT2D eigenvalue weighted by Crippen LogP contribution is -2.22. The molecule has 0 saturated carbocycles. The maximum absolute atomic E-state index is 6.13. The van der Waals surface area contributed by atoms with Gasteiger partial charge in [0, 0.05) is 5.41 Å². The normalized spacial score (nSPS) is 17.3. The molecule has 0 saturated heterocycles. The number of unbranched alkanes of at least 4 members (excludes halogenated alkanes) is 3. The first kappa shape index (κ1) is 25.0. The van der Waals surface area contributed by atoms with Crippen LogP contribution in [0.2, 0.25) is 0 Å². The second kappa shape index (κ2) is 12.1. The Kier molecular flexibility index (Phi) is 8.64. The predicted molar refractivity (Wildman–Crippen MR) is 151 cm³/mol. The third kappa shape index (κ3) is 6.34. The molecule has 0 N–H and O–H groups in total. The zero-order valence-electron chi connectivity index (χ0n) is 21.7. The van der Waals surface area contributed by atoms with Crippen molar-refractivity contribution in [2.75, 3.05) is 6.61 Å². The summed E-state index contributed by atoms with van der Waals surface area (Å²) in [5.41, 5.74) is 7.78. The van der Waals surface area contributed by atoms with Crippen molar-refractivity contribution in [2.24, 2.45) is 0 Å². The van der Waals surface area contributed by atoms with E-state index in [4.69, 9.17) is 4.74 Å². The molecular formula is C34H40O. The lowest BCUT2D eigenvalue weighted by atomic mass is 9.73. The summed E-state index contributed by atoms with van der Waals surface area (Å²) in [6, 6.07) is 27.0. The minimum Gasteiger partial charge on any atom is -0.494 e. The minimum atomic E-state index is -0.127. The third-order valence-corrected chi connectivity index (χ3v) is 7.13. The first-order valence-electron chi connectivity index (χ1n) is 13.4. The van der Waals surface area contributed by atoms with Gasteiger partial charge in [0.05, 0.1) is 6.61 Å². The Bertz CT molecular complexity index is 1140. The average Bonchev–Trinajstić information content (AvgIpc) is 2.90. The molecule has 1 aliphatic carbocycles. The van der Waals surface area contributed by atoms with E-state index in [-0.39, 0.29) is 5.41 Å². The van der Waals surface area contributed by atoms with E-state index in [9.17, 15) is 0 Å². The lowest BCUT2D eigenvalue weighted by Gasteiger charge is -2.32. The molecular weight excluding hydrogens is 424 g/mol. The van der Waals surface area contributed by atoms with E-state index in [2.05, 4.69) is 112 Å². The highest BCUT2D eigenvalue weighted by molar-refractivity contribution is 5.75. The largest absolute Gasteiger partial charge is 0.494 e. The van der Waals surface area contributed by atoms with Crippen LogP contribution in [-0.2, 0) is 16.6 Å². The molecule has 0 radical (unpaired) electrons. The van der Waals surface area contributed by atoms with Crippen LogP contribution in [0.15, 0.2) is 96.8 Å². The summed E-state index contributed by atoms with van der Waals surface area (Å²) in [4.78, 5) is 0. The van der Waals surface area contributed by atoms with Crippen LogP contribution in [0.1, 0.15) is 70.4 Å². The first-order valence-corrected chi connectivity index (χ1v) is 13.4. The van der Waals surface area contributed by atoms with Gasteiger partial charge in [-0.2, -0.15) is 0 Å². The Morgan fingerprint density at radius 2 is 1.51 bits per heavy atom. The molecule has 0 bridgehead atoms. The van der Waals surface area contributed by atoms with Gasteiger partial charge in [-0.3, -0.25) is 0 Å². The first-order chi connectivity index (χ1) is 17.1. The van der Waals surface area contributed by atoms with Crippen molar-refractivity contribution in [1.82, 2.24) is 0 Å². The van der Waals surface area contributed by atoms with Gasteiger partial charge < -0.3 is 4.74 Å². The van der Waals surface area contributed by atoms with E-state index < -0.39 is 0 Å². The molecule has 1 nitrogen and oxygen atoms in total. The number of rotatable bonds is 11. The van der Waals surface area contributed by atoms with Gasteiger partial charge in [0.15, 0.2) is 0 Å². The summed E-state index contributed by atoms with van der Waals surface area (Å²) >= 11 is 0. The number of ether oxygens (including phenoxy) is 1. The molecule has 3 aromatic carbocycles. The summed E-state index contributed by atoms with van der Waals surface area (Å²) in [7, 11) is 0. The molecule has 1 atom stereocenters. The highest BCUT2D eigenvalue weighted by atomic mass is 16.5. The van der Waals surface area contributed by atoms with Crippen LogP contribution in [0, 0.1) is 0 Å². The molecule has 1 heteroatoms. The summed E-state index contributed by atoms with van der Waals surface area (Å²) in [5, 5.41) is 0. The highest BCUT2D eigenvalue weighted by Gasteiger charge is 2.29. The van der Waals surface area contributed by atoms with Crippen LogP contribution in [0.3, 0.4) is 0 Å². The van der Waals surface area contributed by atoms with Crippen LogP contribution >= 0.6 is 0 Å². The SMILES string of the molecule is CCCCCc1ccc(-c2ccc(-c3ccccc3)c(C3(C)C=C(OCCCC)C=CC3)c2)cc1. The Balaban J connectivity index is 1.70. The molecule has 0 aliphatic heterocycles. The van der Waals surface area contributed by atoms with Crippen LogP contribution < -0.4 is 0 Å². The highest BCUT2D eigenvalue weighted by Crippen LogP contribution is 2.42. The smallest absolute Gasteiger partial charge is 0.115 e. The van der Waals surface area contributed by atoms with E-state index in [1.54, 1.807) is 0 Å². The van der Waals surface area contributed by atoms with E-state index in [1.807, 2.05) is 0 Å². The van der Waals surface area contributed by atoms with Crippen molar-refractivity contribution in [1.29, 1.82) is 0 Å². The van der Waals surface area contributed by atoms with E-state index >= 15 is 0 Å². The zero-order valence-corrected chi connectivity index (χ0v) is 21.7. The van der Waals surface area contributed by atoms with Crippen LogP contribution in [0.25, 0.3) is 22.3 Å². The predicted octanol–water partition coefficient (Wildman–Crippen LogP) is 9.67. The minimum absolute atomic E-state index is 0.127. The van der Waals surface area contributed by atoms with Gasteiger partial charge in [-0.05, 0) is 77.3 Å². The Morgan fingerprint density at radius 1 is 0.771 bits per heavy atom. The molecule has 0 spiro atoms. The van der Waals surface area contributed by atoms with E-state index in [0.717, 1.165) is 31.6 Å². The van der Waals surface area contributed by atoms with Gasteiger partial charge in [0.2, 0.25) is 0 Å². The van der Waals surface area contributed by atoms with Gasteiger partial charge in [0.1, 0.15) is 5.76 Å².